The number of aryl methyl sites for hydroxylation is 1. The van der Waals surface area contributed by atoms with Crippen LogP contribution >= 0.6 is 0 Å². The maximum absolute atomic E-state index is 13.6. The fourth-order valence-corrected chi connectivity index (χ4v) is 2.03. The van der Waals surface area contributed by atoms with Crippen molar-refractivity contribution in [2.45, 2.75) is 20.4 Å². The third kappa shape index (κ3) is 3.30. The van der Waals surface area contributed by atoms with Crippen LogP contribution in [0.2, 0.25) is 0 Å². The molecule has 6 nitrogen and oxygen atoms in total. The van der Waals surface area contributed by atoms with Crippen molar-refractivity contribution in [1.82, 2.24) is 9.78 Å². The number of rotatable bonds is 5. The molecule has 0 fully saturated rings. The summed E-state index contributed by atoms with van der Waals surface area (Å²) in [6.45, 7) is 3.45. The van der Waals surface area contributed by atoms with E-state index in [1.54, 1.807) is 13.8 Å². The summed E-state index contributed by atoms with van der Waals surface area (Å²) in [5.74, 6) is -2.25. The van der Waals surface area contributed by atoms with E-state index in [9.17, 15) is 19.1 Å². The minimum atomic E-state index is -1.23. The number of carboxylic acids is 1. The average molecular weight is 306 g/mol. The summed E-state index contributed by atoms with van der Waals surface area (Å²) in [6.07, 6.45) is 2.95. The molecule has 0 radical (unpaired) electrons. The van der Waals surface area contributed by atoms with Crippen molar-refractivity contribution in [2.75, 3.05) is 6.61 Å². The lowest BCUT2D eigenvalue weighted by Gasteiger charge is -2.06. The number of hydrogen-bond donors (Lipinski definition) is 1. The Morgan fingerprint density at radius 2 is 2.14 bits per heavy atom. The molecular formula is C15H15FN2O4. The summed E-state index contributed by atoms with van der Waals surface area (Å²) in [6, 6.07) is 2.43. The molecule has 0 saturated heterocycles. The Labute approximate surface area is 126 Å². The molecule has 0 unspecified atom stereocenters. The van der Waals surface area contributed by atoms with Gasteiger partial charge in [-0.2, -0.15) is 5.10 Å². The lowest BCUT2D eigenvalue weighted by atomic mass is 9.99. The number of carbonyl (C=O) groups excluding carboxylic acids is 1. The molecule has 2 rings (SSSR count). The third-order valence-corrected chi connectivity index (χ3v) is 3.07. The van der Waals surface area contributed by atoms with Gasteiger partial charge in [-0.25, -0.2) is 9.18 Å². The van der Waals surface area contributed by atoms with Crippen molar-refractivity contribution in [3.8, 4) is 11.1 Å². The number of carboxylic acid groups (broad SMARTS) is 1. The molecule has 0 spiro atoms. The van der Waals surface area contributed by atoms with Crippen LogP contribution in [0, 0.1) is 12.7 Å². The molecule has 2 aromatic rings. The van der Waals surface area contributed by atoms with Crippen LogP contribution in [0.5, 0.6) is 0 Å². The Morgan fingerprint density at radius 1 is 1.41 bits per heavy atom. The number of halogens is 1. The quantitative estimate of drug-likeness (QED) is 0.857. The van der Waals surface area contributed by atoms with E-state index in [2.05, 4.69) is 5.10 Å². The normalized spacial score (nSPS) is 10.5. The van der Waals surface area contributed by atoms with E-state index >= 15 is 0 Å². The second-order valence-corrected chi connectivity index (χ2v) is 4.68. The van der Waals surface area contributed by atoms with E-state index in [-0.39, 0.29) is 18.7 Å². The first-order valence-electron chi connectivity index (χ1n) is 6.64. The number of esters is 1. The Balaban J connectivity index is 2.36. The monoisotopic (exact) mass is 306 g/mol. The molecule has 7 heteroatoms. The molecule has 0 aliphatic rings. The first kappa shape index (κ1) is 15.7. The van der Waals surface area contributed by atoms with Gasteiger partial charge in [0.05, 0.1) is 18.4 Å². The van der Waals surface area contributed by atoms with Crippen molar-refractivity contribution in [2.24, 2.45) is 0 Å². The Kier molecular flexibility index (Phi) is 4.55. The topological polar surface area (TPSA) is 81.4 Å². The van der Waals surface area contributed by atoms with E-state index in [1.165, 1.54) is 23.1 Å². The standard InChI is InChI=1S/C15H15FN2O4/c1-3-22-14(19)8-18-7-10(6-17-18)11-4-9(2)13(16)5-12(11)15(20)21/h4-7H,3,8H2,1-2H3,(H,20,21). The first-order valence-corrected chi connectivity index (χ1v) is 6.64. The Morgan fingerprint density at radius 3 is 2.77 bits per heavy atom. The van der Waals surface area contributed by atoms with Gasteiger partial charge in [-0.3, -0.25) is 9.48 Å². The van der Waals surface area contributed by atoms with Gasteiger partial charge in [0.25, 0.3) is 0 Å². The molecule has 0 aliphatic heterocycles. The summed E-state index contributed by atoms with van der Waals surface area (Å²) in [5.41, 5.74) is 1.02. The van der Waals surface area contributed by atoms with Crippen molar-refractivity contribution in [3.63, 3.8) is 0 Å². The van der Waals surface area contributed by atoms with Crippen molar-refractivity contribution in [1.29, 1.82) is 0 Å². The highest BCUT2D eigenvalue weighted by Crippen LogP contribution is 2.26. The zero-order valence-electron chi connectivity index (χ0n) is 12.2. The van der Waals surface area contributed by atoms with Crippen molar-refractivity contribution in [3.05, 3.63) is 41.5 Å². The fraction of sp³-hybridized carbons (Fsp3) is 0.267. The predicted octanol–water partition coefficient (Wildman–Crippen LogP) is 2.26. The summed E-state index contributed by atoms with van der Waals surface area (Å²) >= 11 is 0. The highest BCUT2D eigenvalue weighted by molar-refractivity contribution is 5.96. The van der Waals surface area contributed by atoms with Crippen LogP contribution in [0.1, 0.15) is 22.8 Å². The second-order valence-electron chi connectivity index (χ2n) is 4.68. The minimum absolute atomic E-state index is 0.0730. The average Bonchev–Trinajstić information content (AvgIpc) is 2.89. The van der Waals surface area contributed by atoms with Gasteiger partial charge >= 0.3 is 11.9 Å². The SMILES string of the molecule is CCOC(=O)Cn1cc(-c2cc(C)c(F)cc2C(=O)O)cn1. The van der Waals surface area contributed by atoms with Crippen molar-refractivity contribution >= 4 is 11.9 Å². The molecule has 0 bridgehead atoms. The molecule has 0 saturated carbocycles. The summed E-state index contributed by atoms with van der Waals surface area (Å²) < 4.78 is 19.7. The Bertz CT molecular complexity index is 724. The van der Waals surface area contributed by atoms with Crippen molar-refractivity contribution < 1.29 is 23.8 Å². The van der Waals surface area contributed by atoms with E-state index in [0.717, 1.165) is 6.07 Å². The van der Waals surface area contributed by atoms with Gasteiger partial charge in [0, 0.05) is 11.8 Å². The molecular weight excluding hydrogens is 291 g/mol. The molecule has 1 N–H and O–H groups in total. The van der Waals surface area contributed by atoms with Crippen LogP contribution in [0.4, 0.5) is 4.39 Å². The highest BCUT2D eigenvalue weighted by Gasteiger charge is 2.16. The van der Waals surface area contributed by atoms with Gasteiger partial charge in [-0.15, -0.1) is 0 Å². The van der Waals surface area contributed by atoms with E-state index in [0.29, 0.717) is 16.7 Å². The van der Waals surface area contributed by atoms with Crippen LogP contribution in [0.15, 0.2) is 24.5 Å². The molecule has 0 amide bonds. The smallest absolute Gasteiger partial charge is 0.336 e. The fourth-order valence-electron chi connectivity index (χ4n) is 2.03. The van der Waals surface area contributed by atoms with E-state index in [4.69, 9.17) is 4.74 Å². The zero-order valence-corrected chi connectivity index (χ0v) is 12.2. The van der Waals surface area contributed by atoms with Gasteiger partial charge in [-0.1, -0.05) is 0 Å². The van der Waals surface area contributed by atoms with Crippen LogP contribution in [-0.2, 0) is 16.1 Å². The van der Waals surface area contributed by atoms with E-state index < -0.39 is 17.8 Å². The number of nitrogens with zero attached hydrogens (tertiary/aromatic N) is 2. The second kappa shape index (κ2) is 6.38. The molecule has 1 aromatic carbocycles. The lowest BCUT2D eigenvalue weighted by molar-refractivity contribution is -0.144. The molecule has 0 atom stereocenters. The number of aromatic carboxylic acids is 1. The maximum atomic E-state index is 13.6. The molecule has 116 valence electrons. The zero-order chi connectivity index (χ0) is 16.3. The molecule has 1 aromatic heterocycles. The number of ether oxygens (including phenoxy) is 1. The first-order chi connectivity index (χ1) is 10.4. The van der Waals surface area contributed by atoms with Crippen LogP contribution in [0.25, 0.3) is 11.1 Å². The van der Waals surface area contributed by atoms with Crippen LogP contribution in [0.3, 0.4) is 0 Å². The van der Waals surface area contributed by atoms with Gasteiger partial charge in [0.1, 0.15) is 12.4 Å². The summed E-state index contributed by atoms with van der Waals surface area (Å²) in [7, 11) is 0. The minimum Gasteiger partial charge on any atom is -0.478 e. The lowest BCUT2D eigenvalue weighted by Crippen LogP contribution is -2.13. The number of hydrogen-bond acceptors (Lipinski definition) is 4. The molecule has 22 heavy (non-hydrogen) atoms. The van der Waals surface area contributed by atoms with E-state index in [1.807, 2.05) is 0 Å². The molecule has 1 heterocycles. The Hall–Kier alpha value is -2.70. The third-order valence-electron chi connectivity index (χ3n) is 3.07. The molecule has 0 aliphatic carbocycles. The number of carbonyl (C=O) groups is 2. The van der Waals surface area contributed by atoms with Crippen LogP contribution < -0.4 is 0 Å². The van der Waals surface area contributed by atoms with Gasteiger partial charge in [0.2, 0.25) is 0 Å². The summed E-state index contributed by atoms with van der Waals surface area (Å²) in [4.78, 5) is 22.7. The van der Waals surface area contributed by atoms with Gasteiger partial charge < -0.3 is 9.84 Å². The largest absolute Gasteiger partial charge is 0.478 e. The van der Waals surface area contributed by atoms with Gasteiger partial charge in [-0.05, 0) is 37.1 Å². The highest BCUT2D eigenvalue weighted by atomic mass is 19.1. The number of benzene rings is 1. The van der Waals surface area contributed by atoms with Gasteiger partial charge in [0.15, 0.2) is 0 Å². The predicted molar refractivity (Wildman–Crippen MR) is 76.0 cm³/mol. The number of aromatic nitrogens is 2. The summed E-state index contributed by atoms with van der Waals surface area (Å²) in [5, 5.41) is 13.2. The van der Waals surface area contributed by atoms with Crippen LogP contribution in [-0.4, -0.2) is 33.4 Å². The maximum Gasteiger partial charge on any atom is 0.336 e.